The number of nitrogens with one attached hydrogen (secondary N) is 1. The third-order valence-corrected chi connectivity index (χ3v) is 2.83. The smallest absolute Gasteiger partial charge is 0.372 e. The van der Waals surface area contributed by atoms with Crippen molar-refractivity contribution in [1.82, 2.24) is 10.4 Å². The Kier molecular flexibility index (Phi) is 6.70. The van der Waals surface area contributed by atoms with E-state index in [9.17, 15) is 13.2 Å². The van der Waals surface area contributed by atoms with Gasteiger partial charge in [0.2, 0.25) is 0 Å². The van der Waals surface area contributed by atoms with E-state index >= 15 is 0 Å². The molecule has 0 aliphatic carbocycles. The number of hydrogen-bond donors (Lipinski definition) is 2. The van der Waals surface area contributed by atoms with Crippen molar-refractivity contribution >= 4 is 15.9 Å². The zero-order valence-electron chi connectivity index (χ0n) is 10.1. The quantitative estimate of drug-likeness (QED) is 0.453. The molecule has 1 aromatic heterocycles. The first-order valence-corrected chi connectivity index (χ1v) is 6.41. The molecule has 19 heavy (non-hydrogen) atoms. The molecule has 4 nitrogen and oxygen atoms in total. The molecule has 0 aromatic carbocycles. The second-order valence-corrected chi connectivity index (χ2v) is 4.91. The third-order valence-electron chi connectivity index (χ3n) is 2.36. The number of aromatic nitrogens is 1. The Morgan fingerprint density at radius 3 is 2.68 bits per heavy atom. The highest BCUT2D eigenvalue weighted by Gasteiger charge is 2.27. The number of nitrogens with two attached hydrogens (primary N) is 1. The molecule has 1 aromatic rings. The standard InChI is InChI=1S/C11H15BrF3N3O/c12-8-1-2-9(17-6-8)5-10(18-16)3-4-19-7-11(13,14)15/h1-2,6,10,18H,3-5,7,16H2. The lowest BCUT2D eigenvalue weighted by molar-refractivity contribution is -0.174. The van der Waals surface area contributed by atoms with E-state index < -0.39 is 12.8 Å². The zero-order valence-corrected chi connectivity index (χ0v) is 11.7. The van der Waals surface area contributed by atoms with Crippen LogP contribution in [0.3, 0.4) is 0 Å². The van der Waals surface area contributed by atoms with Crippen LogP contribution in [-0.4, -0.2) is 30.4 Å². The lowest BCUT2D eigenvalue weighted by Gasteiger charge is -2.16. The van der Waals surface area contributed by atoms with E-state index in [0.717, 1.165) is 10.2 Å². The number of ether oxygens (including phenoxy) is 1. The van der Waals surface area contributed by atoms with Crippen LogP contribution >= 0.6 is 15.9 Å². The average molecular weight is 342 g/mol. The summed E-state index contributed by atoms with van der Waals surface area (Å²) in [5, 5.41) is 0. The molecular formula is C11H15BrF3N3O. The maximum absolute atomic E-state index is 11.9. The lowest BCUT2D eigenvalue weighted by Crippen LogP contribution is -2.38. The van der Waals surface area contributed by atoms with Crippen molar-refractivity contribution in [2.75, 3.05) is 13.2 Å². The van der Waals surface area contributed by atoms with Gasteiger partial charge in [-0.15, -0.1) is 0 Å². The van der Waals surface area contributed by atoms with Crippen LogP contribution in [0.4, 0.5) is 13.2 Å². The predicted molar refractivity (Wildman–Crippen MR) is 68.2 cm³/mol. The van der Waals surface area contributed by atoms with Crippen molar-refractivity contribution in [1.29, 1.82) is 0 Å². The van der Waals surface area contributed by atoms with Crippen LogP contribution in [0.5, 0.6) is 0 Å². The van der Waals surface area contributed by atoms with Crippen molar-refractivity contribution in [3.8, 4) is 0 Å². The Labute approximate surface area is 117 Å². The van der Waals surface area contributed by atoms with Gasteiger partial charge >= 0.3 is 6.18 Å². The van der Waals surface area contributed by atoms with Gasteiger partial charge in [-0.05, 0) is 34.5 Å². The molecule has 0 amide bonds. The summed E-state index contributed by atoms with van der Waals surface area (Å²) in [5.41, 5.74) is 3.36. The number of rotatable bonds is 7. The maximum atomic E-state index is 11.9. The Bertz CT molecular complexity index is 372. The summed E-state index contributed by atoms with van der Waals surface area (Å²) in [6, 6.07) is 3.49. The Morgan fingerprint density at radius 1 is 1.42 bits per heavy atom. The van der Waals surface area contributed by atoms with Gasteiger partial charge in [0.25, 0.3) is 0 Å². The molecule has 8 heteroatoms. The van der Waals surface area contributed by atoms with Gasteiger partial charge in [0.15, 0.2) is 0 Å². The van der Waals surface area contributed by atoms with Gasteiger partial charge in [0.1, 0.15) is 6.61 Å². The van der Waals surface area contributed by atoms with Crippen molar-refractivity contribution < 1.29 is 17.9 Å². The van der Waals surface area contributed by atoms with Gasteiger partial charge in [-0.1, -0.05) is 0 Å². The van der Waals surface area contributed by atoms with E-state index in [1.807, 2.05) is 12.1 Å². The Balaban J connectivity index is 2.31. The van der Waals surface area contributed by atoms with Crippen LogP contribution in [0.25, 0.3) is 0 Å². The second kappa shape index (κ2) is 7.78. The van der Waals surface area contributed by atoms with Gasteiger partial charge in [-0.3, -0.25) is 16.3 Å². The number of hydrogen-bond acceptors (Lipinski definition) is 4. The van der Waals surface area contributed by atoms with Crippen LogP contribution in [0, 0.1) is 0 Å². The molecule has 0 aliphatic heterocycles. The summed E-state index contributed by atoms with van der Waals surface area (Å²) >= 11 is 3.27. The predicted octanol–water partition coefficient (Wildman–Crippen LogP) is 2.19. The van der Waals surface area contributed by atoms with Gasteiger partial charge < -0.3 is 4.74 Å². The van der Waals surface area contributed by atoms with E-state index in [0.29, 0.717) is 12.8 Å². The monoisotopic (exact) mass is 341 g/mol. The highest BCUT2D eigenvalue weighted by molar-refractivity contribution is 9.10. The topological polar surface area (TPSA) is 60.2 Å². The molecule has 3 N–H and O–H groups in total. The van der Waals surface area contributed by atoms with Crippen LogP contribution < -0.4 is 11.3 Å². The largest absolute Gasteiger partial charge is 0.411 e. The lowest BCUT2D eigenvalue weighted by atomic mass is 10.1. The van der Waals surface area contributed by atoms with Crippen LogP contribution in [-0.2, 0) is 11.2 Å². The molecule has 1 atom stereocenters. The minimum absolute atomic E-state index is 0.00902. The summed E-state index contributed by atoms with van der Waals surface area (Å²) in [6.45, 7) is -1.24. The van der Waals surface area contributed by atoms with E-state index in [1.165, 1.54) is 0 Å². The van der Waals surface area contributed by atoms with Crippen LogP contribution in [0.2, 0.25) is 0 Å². The molecule has 0 radical (unpaired) electrons. The van der Waals surface area contributed by atoms with E-state index in [-0.39, 0.29) is 12.6 Å². The second-order valence-electron chi connectivity index (χ2n) is 3.99. The summed E-state index contributed by atoms with van der Waals surface area (Å²) in [7, 11) is 0. The van der Waals surface area contributed by atoms with E-state index in [4.69, 9.17) is 5.84 Å². The van der Waals surface area contributed by atoms with Crippen molar-refractivity contribution in [2.24, 2.45) is 5.84 Å². The number of halogens is 4. The van der Waals surface area contributed by atoms with Crippen LogP contribution in [0.1, 0.15) is 12.1 Å². The summed E-state index contributed by atoms with van der Waals surface area (Å²) < 4.78 is 41.0. The Hall–Kier alpha value is -0.700. The fourth-order valence-electron chi connectivity index (χ4n) is 1.44. The number of alkyl halides is 3. The fourth-order valence-corrected chi connectivity index (χ4v) is 1.67. The number of hydrazine groups is 1. The molecule has 0 saturated heterocycles. The Morgan fingerprint density at radius 2 is 2.16 bits per heavy atom. The van der Waals surface area contributed by atoms with Crippen LogP contribution in [0.15, 0.2) is 22.8 Å². The molecule has 1 heterocycles. The molecule has 1 unspecified atom stereocenters. The first-order valence-electron chi connectivity index (χ1n) is 5.62. The van der Waals surface area contributed by atoms with E-state index in [2.05, 4.69) is 31.1 Å². The summed E-state index contributed by atoms with van der Waals surface area (Å²) in [6.07, 6.45) is -1.73. The van der Waals surface area contributed by atoms with Gasteiger partial charge in [0, 0.05) is 35.4 Å². The fraction of sp³-hybridized carbons (Fsp3) is 0.545. The molecule has 0 aliphatic rings. The number of nitrogens with zero attached hydrogens (tertiary/aromatic N) is 1. The molecule has 0 bridgehead atoms. The SMILES string of the molecule is NNC(CCOCC(F)(F)F)Cc1ccc(Br)cn1. The molecule has 0 fully saturated rings. The first kappa shape index (κ1) is 16.4. The first-order chi connectivity index (χ1) is 8.90. The molecule has 0 spiro atoms. The minimum atomic E-state index is -4.29. The van der Waals surface area contributed by atoms with Crippen molar-refractivity contribution in [2.45, 2.75) is 25.1 Å². The van der Waals surface area contributed by atoms with E-state index in [1.54, 1.807) is 6.20 Å². The zero-order chi connectivity index (χ0) is 14.3. The highest BCUT2D eigenvalue weighted by atomic mass is 79.9. The number of pyridine rings is 1. The molecule has 0 saturated carbocycles. The maximum Gasteiger partial charge on any atom is 0.411 e. The van der Waals surface area contributed by atoms with Gasteiger partial charge in [-0.2, -0.15) is 13.2 Å². The van der Waals surface area contributed by atoms with Crippen molar-refractivity contribution in [3.63, 3.8) is 0 Å². The average Bonchev–Trinajstić information content (AvgIpc) is 2.34. The van der Waals surface area contributed by atoms with Gasteiger partial charge in [-0.25, -0.2) is 0 Å². The molecule has 108 valence electrons. The minimum Gasteiger partial charge on any atom is -0.372 e. The molecule has 1 rings (SSSR count). The third kappa shape index (κ3) is 7.46. The van der Waals surface area contributed by atoms with Gasteiger partial charge in [0.05, 0.1) is 0 Å². The summed E-state index contributed by atoms with van der Waals surface area (Å²) in [4.78, 5) is 4.17. The molecular weight excluding hydrogens is 327 g/mol. The van der Waals surface area contributed by atoms with Crippen molar-refractivity contribution in [3.05, 3.63) is 28.5 Å². The highest BCUT2D eigenvalue weighted by Crippen LogP contribution is 2.15. The normalized spacial score (nSPS) is 13.5. The summed E-state index contributed by atoms with van der Waals surface area (Å²) in [5.74, 6) is 5.35.